The summed E-state index contributed by atoms with van der Waals surface area (Å²) in [5, 5.41) is 1.51. The number of carbonyl (C=O) groups excluding carboxylic acids is 2. The van der Waals surface area contributed by atoms with E-state index in [0.29, 0.717) is 4.88 Å². The van der Waals surface area contributed by atoms with Gasteiger partial charge >= 0.3 is 6.36 Å². The summed E-state index contributed by atoms with van der Waals surface area (Å²) < 4.78 is 40.2. The molecule has 1 aliphatic heterocycles. The average Bonchev–Trinajstić information content (AvgIpc) is 3.08. The quantitative estimate of drug-likeness (QED) is 0.759. The number of carbonyl (C=O) groups is 2. The molecule has 0 aliphatic carbocycles. The summed E-state index contributed by atoms with van der Waals surface area (Å²) in [7, 11) is 0. The molecule has 0 bridgehead atoms. The predicted molar refractivity (Wildman–Crippen MR) is 82.7 cm³/mol. The third-order valence-electron chi connectivity index (χ3n) is 3.12. The highest BCUT2D eigenvalue weighted by molar-refractivity contribution is 7.11. The molecule has 0 unspecified atom stereocenters. The van der Waals surface area contributed by atoms with Crippen LogP contribution < -0.4 is 9.64 Å². The maximum Gasteiger partial charge on any atom is 0.573 e. The van der Waals surface area contributed by atoms with Gasteiger partial charge in [-0.25, -0.2) is 4.90 Å². The van der Waals surface area contributed by atoms with Gasteiger partial charge in [0.1, 0.15) is 10.8 Å². The Labute approximate surface area is 142 Å². The molecule has 0 saturated heterocycles. The van der Waals surface area contributed by atoms with Gasteiger partial charge in [-0.15, -0.1) is 24.5 Å². The average molecular weight is 374 g/mol. The number of alkyl halides is 3. The van der Waals surface area contributed by atoms with Gasteiger partial charge in [0.2, 0.25) is 0 Å². The first-order valence-electron chi connectivity index (χ1n) is 6.46. The third kappa shape index (κ3) is 3.02. The lowest BCUT2D eigenvalue weighted by molar-refractivity contribution is -0.274. The number of amides is 2. The minimum atomic E-state index is -4.82. The van der Waals surface area contributed by atoms with Crippen molar-refractivity contribution in [2.75, 3.05) is 4.90 Å². The SMILES string of the molecule is O=C1C(Cl)=C(c2cccs2)C(=O)N1c1ccc(OC(F)(F)F)cc1. The van der Waals surface area contributed by atoms with Gasteiger partial charge in [-0.05, 0) is 35.7 Å². The molecule has 0 fully saturated rings. The highest BCUT2D eigenvalue weighted by Gasteiger charge is 2.39. The molecule has 0 spiro atoms. The summed E-state index contributed by atoms with van der Waals surface area (Å²) in [4.78, 5) is 26.1. The third-order valence-corrected chi connectivity index (χ3v) is 4.36. The van der Waals surface area contributed by atoms with Crippen molar-refractivity contribution in [3.8, 4) is 5.75 Å². The highest BCUT2D eigenvalue weighted by Crippen LogP contribution is 2.37. The Morgan fingerprint density at radius 1 is 1.04 bits per heavy atom. The number of nitrogens with zero attached hydrogens (tertiary/aromatic N) is 1. The summed E-state index contributed by atoms with van der Waals surface area (Å²) in [6.07, 6.45) is -4.82. The molecule has 0 radical (unpaired) electrons. The smallest absolute Gasteiger partial charge is 0.406 e. The Bertz CT molecular complexity index is 829. The molecule has 0 saturated carbocycles. The number of anilines is 1. The summed E-state index contributed by atoms with van der Waals surface area (Å²) in [5.74, 6) is -1.81. The van der Waals surface area contributed by atoms with Crippen LogP contribution in [-0.2, 0) is 9.59 Å². The van der Waals surface area contributed by atoms with Crippen molar-refractivity contribution in [2.24, 2.45) is 0 Å². The van der Waals surface area contributed by atoms with Gasteiger partial charge < -0.3 is 4.74 Å². The van der Waals surface area contributed by atoms with Crippen LogP contribution in [0, 0.1) is 0 Å². The van der Waals surface area contributed by atoms with E-state index in [4.69, 9.17) is 11.6 Å². The van der Waals surface area contributed by atoms with Crippen LogP contribution in [0.3, 0.4) is 0 Å². The van der Waals surface area contributed by atoms with Crippen LogP contribution in [-0.4, -0.2) is 18.2 Å². The zero-order chi connectivity index (χ0) is 17.5. The zero-order valence-corrected chi connectivity index (χ0v) is 13.2. The van der Waals surface area contributed by atoms with Crippen LogP contribution in [0.5, 0.6) is 5.75 Å². The number of halogens is 4. The summed E-state index contributed by atoms with van der Waals surface area (Å²) in [5.41, 5.74) is 0.177. The lowest BCUT2D eigenvalue weighted by Crippen LogP contribution is -2.31. The van der Waals surface area contributed by atoms with Crippen molar-refractivity contribution in [1.82, 2.24) is 0 Å². The molecular weight excluding hydrogens is 367 g/mol. The number of hydrogen-bond donors (Lipinski definition) is 0. The maximum atomic E-state index is 12.5. The Hall–Kier alpha value is -2.32. The van der Waals surface area contributed by atoms with Crippen LogP contribution in [0.1, 0.15) is 4.88 Å². The number of hydrogen-bond acceptors (Lipinski definition) is 4. The fraction of sp³-hybridized carbons (Fsp3) is 0.0667. The monoisotopic (exact) mass is 373 g/mol. The van der Waals surface area contributed by atoms with Gasteiger partial charge in [-0.1, -0.05) is 17.7 Å². The van der Waals surface area contributed by atoms with Crippen molar-refractivity contribution < 1.29 is 27.5 Å². The Balaban J connectivity index is 1.89. The van der Waals surface area contributed by atoms with E-state index in [1.54, 1.807) is 17.5 Å². The first-order chi connectivity index (χ1) is 11.3. The van der Waals surface area contributed by atoms with E-state index in [-0.39, 0.29) is 16.3 Å². The molecule has 0 N–H and O–H groups in total. The normalized spacial score (nSPS) is 15.4. The molecular formula is C15H7ClF3NO3S. The van der Waals surface area contributed by atoms with E-state index in [0.717, 1.165) is 17.0 Å². The van der Waals surface area contributed by atoms with E-state index < -0.39 is 23.9 Å². The van der Waals surface area contributed by atoms with E-state index >= 15 is 0 Å². The molecule has 2 aromatic rings. The molecule has 0 atom stereocenters. The summed E-state index contributed by atoms with van der Waals surface area (Å²) >= 11 is 7.23. The molecule has 3 rings (SSSR count). The molecule has 4 nitrogen and oxygen atoms in total. The molecule has 124 valence electrons. The second-order valence-electron chi connectivity index (χ2n) is 4.65. The Morgan fingerprint density at radius 2 is 1.71 bits per heavy atom. The minimum Gasteiger partial charge on any atom is -0.406 e. The number of rotatable bonds is 3. The number of benzene rings is 1. The van der Waals surface area contributed by atoms with Crippen LogP contribution in [0.25, 0.3) is 5.57 Å². The van der Waals surface area contributed by atoms with Gasteiger partial charge in [-0.3, -0.25) is 9.59 Å². The lowest BCUT2D eigenvalue weighted by Gasteiger charge is -2.15. The van der Waals surface area contributed by atoms with Crippen LogP contribution in [0.4, 0.5) is 18.9 Å². The van der Waals surface area contributed by atoms with E-state index in [1.807, 2.05) is 0 Å². The van der Waals surface area contributed by atoms with Crippen LogP contribution >= 0.6 is 22.9 Å². The molecule has 1 aliphatic rings. The Morgan fingerprint density at radius 3 is 2.25 bits per heavy atom. The van der Waals surface area contributed by atoms with Gasteiger partial charge in [0.25, 0.3) is 11.8 Å². The molecule has 24 heavy (non-hydrogen) atoms. The maximum absolute atomic E-state index is 12.5. The van der Waals surface area contributed by atoms with E-state index in [9.17, 15) is 22.8 Å². The topological polar surface area (TPSA) is 46.6 Å². The zero-order valence-electron chi connectivity index (χ0n) is 11.6. The van der Waals surface area contributed by atoms with Crippen molar-refractivity contribution >= 4 is 46.0 Å². The molecule has 1 aromatic carbocycles. The minimum absolute atomic E-state index is 0.0762. The van der Waals surface area contributed by atoms with Crippen molar-refractivity contribution in [3.63, 3.8) is 0 Å². The number of imide groups is 1. The second-order valence-corrected chi connectivity index (χ2v) is 5.98. The van der Waals surface area contributed by atoms with Crippen molar-refractivity contribution in [2.45, 2.75) is 6.36 Å². The summed E-state index contributed by atoms with van der Waals surface area (Å²) in [6, 6.07) is 7.75. The van der Waals surface area contributed by atoms with Crippen molar-refractivity contribution in [3.05, 3.63) is 51.7 Å². The first kappa shape index (κ1) is 16.5. The number of thiophene rings is 1. The molecule has 9 heteroatoms. The van der Waals surface area contributed by atoms with Crippen molar-refractivity contribution in [1.29, 1.82) is 0 Å². The molecule has 2 heterocycles. The Kier molecular flexibility index (Phi) is 4.10. The lowest BCUT2D eigenvalue weighted by atomic mass is 10.2. The molecule has 2 amide bonds. The van der Waals surface area contributed by atoms with Gasteiger partial charge in [-0.2, -0.15) is 0 Å². The second kappa shape index (κ2) is 5.95. The highest BCUT2D eigenvalue weighted by atomic mass is 35.5. The first-order valence-corrected chi connectivity index (χ1v) is 7.72. The van der Waals surface area contributed by atoms with Crippen LogP contribution in [0.2, 0.25) is 0 Å². The van der Waals surface area contributed by atoms with Gasteiger partial charge in [0.05, 0.1) is 11.3 Å². The van der Waals surface area contributed by atoms with E-state index in [2.05, 4.69) is 4.74 Å². The fourth-order valence-electron chi connectivity index (χ4n) is 2.17. The standard InChI is InChI=1S/C15H7ClF3NO3S/c16-12-11(10-2-1-7-24-10)13(21)20(14(12)22)8-3-5-9(6-4-8)23-15(17,18)19/h1-7H. The van der Waals surface area contributed by atoms with Gasteiger partial charge in [0.15, 0.2) is 0 Å². The van der Waals surface area contributed by atoms with E-state index in [1.165, 1.54) is 23.5 Å². The molecule has 1 aromatic heterocycles. The number of ether oxygens (including phenoxy) is 1. The summed E-state index contributed by atoms with van der Waals surface area (Å²) in [6.45, 7) is 0. The largest absolute Gasteiger partial charge is 0.573 e. The van der Waals surface area contributed by atoms with Crippen LogP contribution in [0.15, 0.2) is 46.8 Å². The fourth-order valence-corrected chi connectivity index (χ4v) is 3.26. The van der Waals surface area contributed by atoms with Gasteiger partial charge in [0, 0.05) is 4.88 Å². The predicted octanol–water partition coefficient (Wildman–Crippen LogP) is 4.17.